The largest absolute Gasteiger partial charge is 0.489 e. The van der Waals surface area contributed by atoms with Crippen LogP contribution in [0.5, 0.6) is 5.75 Å². The number of aromatic nitrogens is 3. The zero-order valence-electron chi connectivity index (χ0n) is 19.6. The number of nitrogens with zero attached hydrogens (tertiary/aromatic N) is 4. The number of hydrogen-bond acceptors (Lipinski definition) is 6. The number of cyclic esters (lactones) is 1. The molecule has 0 unspecified atom stereocenters. The fourth-order valence-electron chi connectivity index (χ4n) is 4.72. The molecular weight excluding hydrogens is 482 g/mol. The van der Waals surface area contributed by atoms with Gasteiger partial charge >= 0.3 is 6.09 Å². The van der Waals surface area contributed by atoms with Crippen molar-refractivity contribution in [3.63, 3.8) is 0 Å². The summed E-state index contributed by atoms with van der Waals surface area (Å²) >= 11 is 5.95. The molecule has 2 aliphatic heterocycles. The molecule has 2 atom stereocenters. The third-order valence-corrected chi connectivity index (χ3v) is 7.15. The van der Waals surface area contributed by atoms with E-state index in [9.17, 15) is 9.59 Å². The first-order valence-corrected chi connectivity index (χ1v) is 12.6. The molecule has 0 bridgehead atoms. The Morgan fingerprint density at radius 3 is 2.81 bits per heavy atom. The van der Waals surface area contributed by atoms with Crippen molar-refractivity contribution in [3.05, 3.63) is 65.2 Å². The standard InChI is InChI=1S/C26H26ClN5O4/c27-18-3-1-16(2-4-18)11-29-25(33)23-10-24(36-21-7-8-31-20(9-21)15-35-26(31)34)22(13-28-23)17-12-30-32(14-17)19-5-6-19/h1-4,10,12-14,19-21H,5-9,11,15H2,(H,29,33)/t20-,21-/m0/s1. The maximum Gasteiger partial charge on any atom is 0.410 e. The van der Waals surface area contributed by atoms with Crippen molar-refractivity contribution < 1.29 is 19.1 Å². The molecule has 2 aromatic heterocycles. The van der Waals surface area contributed by atoms with Crippen LogP contribution in [-0.2, 0) is 11.3 Å². The number of carbonyl (C=O) groups excluding carboxylic acids is 2. The lowest BCUT2D eigenvalue weighted by Gasteiger charge is -2.32. The van der Waals surface area contributed by atoms with Crippen molar-refractivity contribution in [3.8, 4) is 16.9 Å². The SMILES string of the molecule is O=C(NCc1ccc(Cl)cc1)c1cc(O[C@H]2CCN3C(=O)OC[C@@H]3C2)c(-c2cnn(C3CC3)c2)cn1. The monoisotopic (exact) mass is 507 g/mol. The fourth-order valence-corrected chi connectivity index (χ4v) is 4.84. The number of amides is 2. The fraction of sp³-hybridized carbons (Fsp3) is 0.385. The van der Waals surface area contributed by atoms with E-state index >= 15 is 0 Å². The third-order valence-electron chi connectivity index (χ3n) is 6.89. The second-order valence-corrected chi connectivity index (χ2v) is 9.94. The molecule has 0 spiro atoms. The first-order chi connectivity index (χ1) is 17.5. The Hall–Kier alpha value is -3.59. The summed E-state index contributed by atoms with van der Waals surface area (Å²) in [6.07, 6.45) is 8.77. The molecule has 1 aliphatic carbocycles. The van der Waals surface area contributed by atoms with Gasteiger partial charge in [-0.05, 0) is 30.5 Å². The molecule has 0 radical (unpaired) electrons. The molecule has 1 N–H and O–H groups in total. The number of fused-ring (bicyclic) bond motifs is 1. The highest BCUT2D eigenvalue weighted by Crippen LogP contribution is 2.37. The maximum atomic E-state index is 12.9. The number of nitrogens with one attached hydrogen (secondary N) is 1. The lowest BCUT2D eigenvalue weighted by molar-refractivity contribution is 0.0915. The number of hydrogen-bond donors (Lipinski definition) is 1. The van der Waals surface area contributed by atoms with E-state index in [1.165, 1.54) is 0 Å². The van der Waals surface area contributed by atoms with Crippen LogP contribution in [0.3, 0.4) is 0 Å². The van der Waals surface area contributed by atoms with Crippen LogP contribution in [0.25, 0.3) is 11.1 Å². The molecule has 2 saturated heterocycles. The van der Waals surface area contributed by atoms with Crippen molar-refractivity contribution in [1.82, 2.24) is 25.0 Å². The van der Waals surface area contributed by atoms with Gasteiger partial charge in [0, 0.05) is 60.5 Å². The van der Waals surface area contributed by atoms with Crippen molar-refractivity contribution in [2.75, 3.05) is 13.2 Å². The molecule has 9 nitrogen and oxygen atoms in total. The van der Waals surface area contributed by atoms with E-state index in [4.69, 9.17) is 21.1 Å². The zero-order chi connectivity index (χ0) is 24.6. The minimum Gasteiger partial charge on any atom is -0.489 e. The van der Waals surface area contributed by atoms with E-state index < -0.39 is 0 Å². The van der Waals surface area contributed by atoms with Crippen LogP contribution >= 0.6 is 11.6 Å². The summed E-state index contributed by atoms with van der Waals surface area (Å²) in [7, 11) is 0. The second kappa shape index (κ2) is 9.46. The minimum absolute atomic E-state index is 0.0151. The molecule has 1 saturated carbocycles. The summed E-state index contributed by atoms with van der Waals surface area (Å²) < 4.78 is 13.6. The molecule has 36 heavy (non-hydrogen) atoms. The van der Waals surface area contributed by atoms with Gasteiger partial charge in [0.1, 0.15) is 24.2 Å². The average Bonchev–Trinajstić information content (AvgIpc) is 3.51. The number of ether oxygens (including phenoxy) is 2. The van der Waals surface area contributed by atoms with Gasteiger partial charge in [-0.25, -0.2) is 4.79 Å². The lowest BCUT2D eigenvalue weighted by Crippen LogP contribution is -2.44. The number of rotatable bonds is 7. The van der Waals surface area contributed by atoms with Crippen LogP contribution in [0.4, 0.5) is 4.79 Å². The summed E-state index contributed by atoms with van der Waals surface area (Å²) in [5, 5.41) is 8.06. The molecule has 186 valence electrons. The maximum absolute atomic E-state index is 12.9. The normalized spacial score (nSPS) is 21.1. The number of halogens is 1. The predicted molar refractivity (Wildman–Crippen MR) is 132 cm³/mol. The van der Waals surface area contributed by atoms with Crippen LogP contribution in [0.2, 0.25) is 5.02 Å². The first kappa shape index (κ1) is 22.8. The highest BCUT2D eigenvalue weighted by atomic mass is 35.5. The molecule has 10 heteroatoms. The Bertz CT molecular complexity index is 1290. The van der Waals surface area contributed by atoms with Gasteiger partial charge in [0.05, 0.1) is 18.3 Å². The topological polar surface area (TPSA) is 98.6 Å². The average molecular weight is 508 g/mol. The van der Waals surface area contributed by atoms with E-state index in [2.05, 4.69) is 15.4 Å². The summed E-state index contributed by atoms with van der Waals surface area (Å²) in [5.74, 6) is 0.292. The Balaban J connectivity index is 1.23. The van der Waals surface area contributed by atoms with Gasteiger partial charge in [-0.15, -0.1) is 0 Å². The van der Waals surface area contributed by atoms with Crippen LogP contribution in [0.15, 0.2) is 48.9 Å². The summed E-state index contributed by atoms with van der Waals surface area (Å²) in [4.78, 5) is 31.0. The number of pyridine rings is 1. The zero-order valence-corrected chi connectivity index (χ0v) is 20.4. The van der Waals surface area contributed by atoms with Crippen LogP contribution in [0, 0.1) is 0 Å². The molecule has 3 aromatic rings. The Labute approximate surface area is 213 Å². The second-order valence-electron chi connectivity index (χ2n) is 9.50. The van der Waals surface area contributed by atoms with Gasteiger partial charge < -0.3 is 19.7 Å². The van der Waals surface area contributed by atoms with Crippen molar-refractivity contribution in [2.45, 2.75) is 50.4 Å². The number of carbonyl (C=O) groups is 2. The van der Waals surface area contributed by atoms with E-state index in [0.717, 1.165) is 29.5 Å². The van der Waals surface area contributed by atoms with E-state index in [-0.39, 0.29) is 29.8 Å². The molecule has 6 rings (SSSR count). The summed E-state index contributed by atoms with van der Waals surface area (Å²) in [6, 6.07) is 9.49. The van der Waals surface area contributed by atoms with E-state index in [1.807, 2.05) is 29.2 Å². The summed E-state index contributed by atoms with van der Waals surface area (Å²) in [6.45, 7) is 1.33. The Kier molecular flexibility index (Phi) is 6.00. The summed E-state index contributed by atoms with van der Waals surface area (Å²) in [5.41, 5.74) is 2.90. The highest BCUT2D eigenvalue weighted by molar-refractivity contribution is 6.30. The number of piperidine rings is 1. The highest BCUT2D eigenvalue weighted by Gasteiger charge is 2.39. The van der Waals surface area contributed by atoms with Crippen LogP contribution in [0.1, 0.15) is 47.8 Å². The van der Waals surface area contributed by atoms with E-state index in [0.29, 0.717) is 49.4 Å². The quantitative estimate of drug-likeness (QED) is 0.514. The van der Waals surface area contributed by atoms with E-state index in [1.54, 1.807) is 29.3 Å². The molecule has 2 amide bonds. The van der Waals surface area contributed by atoms with Crippen molar-refractivity contribution in [2.24, 2.45) is 0 Å². The van der Waals surface area contributed by atoms with Crippen LogP contribution < -0.4 is 10.1 Å². The Morgan fingerprint density at radius 1 is 1.17 bits per heavy atom. The Morgan fingerprint density at radius 2 is 2.00 bits per heavy atom. The van der Waals surface area contributed by atoms with Gasteiger partial charge in [-0.1, -0.05) is 23.7 Å². The molecule has 4 heterocycles. The smallest absolute Gasteiger partial charge is 0.410 e. The molecular formula is C26H26ClN5O4. The molecule has 1 aromatic carbocycles. The van der Waals surface area contributed by atoms with Crippen LogP contribution in [-0.4, -0.2) is 57.0 Å². The minimum atomic E-state index is -0.292. The third kappa shape index (κ3) is 4.75. The van der Waals surface area contributed by atoms with Gasteiger partial charge in [0.2, 0.25) is 0 Å². The molecule has 3 aliphatic rings. The lowest BCUT2D eigenvalue weighted by atomic mass is 10.0. The van der Waals surface area contributed by atoms with Gasteiger partial charge in [0.15, 0.2) is 0 Å². The van der Waals surface area contributed by atoms with Gasteiger partial charge in [0.25, 0.3) is 5.91 Å². The molecule has 3 fully saturated rings. The first-order valence-electron chi connectivity index (χ1n) is 12.2. The van der Waals surface area contributed by atoms with Gasteiger partial charge in [-0.3, -0.25) is 14.5 Å². The van der Waals surface area contributed by atoms with Crippen molar-refractivity contribution in [1.29, 1.82) is 0 Å². The van der Waals surface area contributed by atoms with Gasteiger partial charge in [-0.2, -0.15) is 5.10 Å². The number of benzene rings is 1. The predicted octanol–water partition coefficient (Wildman–Crippen LogP) is 4.23. The van der Waals surface area contributed by atoms with Crippen molar-refractivity contribution >= 4 is 23.6 Å².